The Bertz CT molecular complexity index is 1250. The Labute approximate surface area is 185 Å². The quantitative estimate of drug-likeness (QED) is 0.525. The highest BCUT2D eigenvalue weighted by Crippen LogP contribution is 2.26. The summed E-state index contributed by atoms with van der Waals surface area (Å²) >= 11 is 0. The van der Waals surface area contributed by atoms with Crippen LogP contribution in [0.5, 0.6) is 0 Å². The predicted octanol–water partition coefficient (Wildman–Crippen LogP) is 4.32. The van der Waals surface area contributed by atoms with E-state index >= 15 is 0 Å². The van der Waals surface area contributed by atoms with Crippen LogP contribution in [0.1, 0.15) is 23.2 Å². The van der Waals surface area contributed by atoms with E-state index in [1.807, 2.05) is 49.5 Å². The molecular formula is C25H24N4O3. The van der Waals surface area contributed by atoms with E-state index in [2.05, 4.69) is 16.0 Å². The molecule has 162 valence electrons. The van der Waals surface area contributed by atoms with E-state index in [1.54, 1.807) is 11.0 Å². The smallest absolute Gasteiger partial charge is 0.257 e. The van der Waals surface area contributed by atoms with Gasteiger partial charge in [-0.05, 0) is 55.3 Å². The second-order valence-corrected chi connectivity index (χ2v) is 8.13. The standard InChI is InChI=1S/C25H24N4O3/c1-28-22-5-3-2-4-21(22)27-23(28)17-6-8-20(9-7-17)26-24(30)18-10-13-29(14-11-18)25(31)19-12-15-32-16-19/h2-9,12,15-16,18H,10-11,13-14H2,1H3,(H,26,30). The van der Waals surface area contributed by atoms with Crippen LogP contribution < -0.4 is 5.32 Å². The lowest BCUT2D eigenvalue weighted by Gasteiger charge is -2.31. The van der Waals surface area contributed by atoms with Crippen molar-refractivity contribution in [1.82, 2.24) is 14.5 Å². The number of furan rings is 1. The van der Waals surface area contributed by atoms with Gasteiger partial charge in [-0.25, -0.2) is 4.98 Å². The van der Waals surface area contributed by atoms with Crippen LogP contribution in [0.4, 0.5) is 5.69 Å². The van der Waals surface area contributed by atoms with Gasteiger partial charge in [0.15, 0.2) is 0 Å². The number of fused-ring (bicyclic) bond motifs is 1. The summed E-state index contributed by atoms with van der Waals surface area (Å²) in [7, 11) is 2.00. The van der Waals surface area contributed by atoms with Gasteiger partial charge >= 0.3 is 0 Å². The Morgan fingerprint density at radius 2 is 1.78 bits per heavy atom. The first-order valence-corrected chi connectivity index (χ1v) is 10.7. The van der Waals surface area contributed by atoms with Crippen LogP contribution in [0.2, 0.25) is 0 Å². The van der Waals surface area contributed by atoms with Gasteiger partial charge in [0.2, 0.25) is 5.91 Å². The second-order valence-electron chi connectivity index (χ2n) is 8.13. The molecule has 0 saturated carbocycles. The Hall–Kier alpha value is -3.87. The van der Waals surface area contributed by atoms with Crippen LogP contribution in [0.15, 0.2) is 71.5 Å². The normalized spacial score (nSPS) is 14.6. The number of amides is 2. The van der Waals surface area contributed by atoms with E-state index in [9.17, 15) is 9.59 Å². The number of aryl methyl sites for hydroxylation is 1. The average molecular weight is 428 g/mol. The highest BCUT2D eigenvalue weighted by molar-refractivity contribution is 5.95. The molecule has 2 aromatic carbocycles. The van der Waals surface area contributed by atoms with E-state index < -0.39 is 0 Å². The number of hydrogen-bond acceptors (Lipinski definition) is 4. The molecule has 0 aliphatic carbocycles. The third-order valence-corrected chi connectivity index (χ3v) is 6.12. The van der Waals surface area contributed by atoms with Crippen LogP contribution in [0.25, 0.3) is 22.4 Å². The zero-order valence-corrected chi connectivity index (χ0v) is 17.8. The minimum Gasteiger partial charge on any atom is -0.472 e. The van der Waals surface area contributed by atoms with Crippen molar-refractivity contribution in [1.29, 1.82) is 0 Å². The van der Waals surface area contributed by atoms with Gasteiger partial charge in [0.05, 0.1) is 22.9 Å². The Kier molecular flexibility index (Phi) is 5.23. The first kappa shape index (κ1) is 20.1. The minimum atomic E-state index is -0.108. The van der Waals surface area contributed by atoms with Gasteiger partial charge in [-0.15, -0.1) is 0 Å². The van der Waals surface area contributed by atoms with Gasteiger partial charge in [0.25, 0.3) is 5.91 Å². The molecule has 0 radical (unpaired) electrons. The van der Waals surface area contributed by atoms with Crippen molar-refractivity contribution in [2.24, 2.45) is 13.0 Å². The SMILES string of the molecule is Cn1c(-c2ccc(NC(=O)C3CCN(C(=O)c4ccoc4)CC3)cc2)nc2ccccc21. The van der Waals surface area contributed by atoms with Crippen molar-refractivity contribution in [3.63, 3.8) is 0 Å². The number of likely N-dealkylation sites (tertiary alicyclic amines) is 1. The largest absolute Gasteiger partial charge is 0.472 e. The van der Waals surface area contributed by atoms with Crippen molar-refractivity contribution < 1.29 is 14.0 Å². The average Bonchev–Trinajstić information content (AvgIpc) is 3.48. The fraction of sp³-hybridized carbons (Fsp3) is 0.240. The van der Waals surface area contributed by atoms with Crippen molar-refractivity contribution in [2.45, 2.75) is 12.8 Å². The van der Waals surface area contributed by atoms with Crippen LogP contribution in [0.3, 0.4) is 0 Å². The Morgan fingerprint density at radius 1 is 1.03 bits per heavy atom. The lowest BCUT2D eigenvalue weighted by molar-refractivity contribution is -0.121. The van der Waals surface area contributed by atoms with Gasteiger partial charge in [0, 0.05) is 37.3 Å². The molecular weight excluding hydrogens is 404 g/mol. The topological polar surface area (TPSA) is 80.4 Å². The van der Waals surface area contributed by atoms with E-state index in [0.29, 0.717) is 31.5 Å². The number of hydrogen-bond donors (Lipinski definition) is 1. The van der Waals surface area contributed by atoms with Crippen LogP contribution in [-0.4, -0.2) is 39.4 Å². The molecule has 7 nitrogen and oxygen atoms in total. The molecule has 4 aromatic rings. The molecule has 7 heteroatoms. The molecule has 0 bridgehead atoms. The number of piperidine rings is 1. The molecule has 1 aliphatic rings. The first-order valence-electron chi connectivity index (χ1n) is 10.7. The number of rotatable bonds is 4. The Morgan fingerprint density at radius 3 is 2.47 bits per heavy atom. The van der Waals surface area contributed by atoms with Crippen LogP contribution in [-0.2, 0) is 11.8 Å². The lowest BCUT2D eigenvalue weighted by Crippen LogP contribution is -2.41. The zero-order chi connectivity index (χ0) is 22.1. The number of carbonyl (C=O) groups excluding carboxylic acids is 2. The number of imidazole rings is 1. The summed E-state index contributed by atoms with van der Waals surface area (Å²) in [5.41, 5.74) is 4.34. The first-order chi connectivity index (χ1) is 15.6. The summed E-state index contributed by atoms with van der Waals surface area (Å²) in [6, 6.07) is 17.5. The van der Waals surface area contributed by atoms with Gasteiger partial charge < -0.3 is 19.2 Å². The maximum Gasteiger partial charge on any atom is 0.257 e. The molecule has 2 amide bonds. The summed E-state index contributed by atoms with van der Waals surface area (Å²) in [5.74, 6) is 0.729. The fourth-order valence-corrected chi connectivity index (χ4v) is 4.26. The van der Waals surface area contributed by atoms with E-state index in [-0.39, 0.29) is 17.7 Å². The number of para-hydroxylation sites is 2. The fourth-order valence-electron chi connectivity index (χ4n) is 4.26. The molecule has 5 rings (SSSR count). The van der Waals surface area contributed by atoms with E-state index in [4.69, 9.17) is 9.40 Å². The molecule has 1 saturated heterocycles. The van der Waals surface area contributed by atoms with Crippen LogP contribution >= 0.6 is 0 Å². The van der Waals surface area contributed by atoms with Crippen molar-refractivity contribution in [3.05, 3.63) is 72.7 Å². The van der Waals surface area contributed by atoms with Crippen molar-refractivity contribution >= 4 is 28.5 Å². The van der Waals surface area contributed by atoms with E-state index in [0.717, 1.165) is 28.1 Å². The van der Waals surface area contributed by atoms with Gasteiger partial charge in [0.1, 0.15) is 12.1 Å². The molecule has 3 heterocycles. The van der Waals surface area contributed by atoms with Gasteiger partial charge in [-0.1, -0.05) is 12.1 Å². The highest BCUT2D eigenvalue weighted by Gasteiger charge is 2.28. The molecule has 1 N–H and O–H groups in total. The molecule has 1 aliphatic heterocycles. The third kappa shape index (κ3) is 3.77. The summed E-state index contributed by atoms with van der Waals surface area (Å²) in [6.07, 6.45) is 4.24. The molecule has 0 spiro atoms. The summed E-state index contributed by atoms with van der Waals surface area (Å²) in [5, 5.41) is 3.02. The predicted molar refractivity (Wildman–Crippen MR) is 122 cm³/mol. The second kappa shape index (κ2) is 8.34. The number of aromatic nitrogens is 2. The summed E-state index contributed by atoms with van der Waals surface area (Å²) in [4.78, 5) is 31.7. The maximum atomic E-state index is 12.8. The molecule has 1 fully saturated rings. The summed E-state index contributed by atoms with van der Waals surface area (Å²) < 4.78 is 7.06. The highest BCUT2D eigenvalue weighted by atomic mass is 16.3. The minimum absolute atomic E-state index is 0.00381. The van der Waals surface area contributed by atoms with E-state index in [1.165, 1.54) is 12.5 Å². The third-order valence-electron chi connectivity index (χ3n) is 6.12. The lowest BCUT2D eigenvalue weighted by atomic mass is 9.95. The zero-order valence-electron chi connectivity index (χ0n) is 17.8. The number of nitrogens with one attached hydrogen (secondary N) is 1. The van der Waals surface area contributed by atoms with Gasteiger partial charge in [-0.3, -0.25) is 9.59 Å². The van der Waals surface area contributed by atoms with Crippen LogP contribution in [0, 0.1) is 5.92 Å². The summed E-state index contributed by atoms with van der Waals surface area (Å²) in [6.45, 7) is 1.13. The molecule has 2 aromatic heterocycles. The molecule has 32 heavy (non-hydrogen) atoms. The number of benzene rings is 2. The maximum absolute atomic E-state index is 12.8. The Balaban J connectivity index is 1.21. The van der Waals surface area contributed by atoms with Crippen molar-refractivity contribution in [3.8, 4) is 11.4 Å². The number of carbonyl (C=O) groups is 2. The van der Waals surface area contributed by atoms with Gasteiger partial charge in [-0.2, -0.15) is 0 Å². The molecule has 0 atom stereocenters. The molecule has 0 unspecified atom stereocenters. The number of anilines is 1. The number of nitrogens with zero attached hydrogens (tertiary/aromatic N) is 3. The van der Waals surface area contributed by atoms with Crippen molar-refractivity contribution in [2.75, 3.05) is 18.4 Å². The monoisotopic (exact) mass is 428 g/mol.